The van der Waals surface area contributed by atoms with Crippen LogP contribution in [0.4, 0.5) is 23.5 Å². The van der Waals surface area contributed by atoms with Gasteiger partial charge in [-0.05, 0) is 36.2 Å². The fraction of sp³-hybridized carbons (Fsp3) is 0.304. The molecule has 1 N–H and O–H groups in total. The second-order valence-corrected chi connectivity index (χ2v) is 8.24. The third kappa shape index (κ3) is 4.43. The van der Waals surface area contributed by atoms with Crippen LogP contribution in [0.5, 0.6) is 5.88 Å². The first kappa shape index (κ1) is 22.8. The minimum Gasteiger partial charge on any atom is -0.414 e. The highest BCUT2D eigenvalue weighted by molar-refractivity contribution is 5.90. The van der Waals surface area contributed by atoms with Gasteiger partial charge in [0.15, 0.2) is 0 Å². The van der Waals surface area contributed by atoms with E-state index in [4.69, 9.17) is 0 Å². The number of alkyl halides is 4. The van der Waals surface area contributed by atoms with Gasteiger partial charge in [0.2, 0.25) is 17.7 Å². The first-order valence-electron chi connectivity index (χ1n) is 10.8. The number of nitrogens with one attached hydrogen (secondary N) is 1. The van der Waals surface area contributed by atoms with Crippen LogP contribution in [0.3, 0.4) is 0 Å². The summed E-state index contributed by atoms with van der Waals surface area (Å²) in [7, 11) is 0. The lowest BCUT2D eigenvalue weighted by Gasteiger charge is -2.38. The van der Waals surface area contributed by atoms with Gasteiger partial charge in [0.05, 0.1) is 18.1 Å². The van der Waals surface area contributed by atoms with Crippen molar-refractivity contribution in [2.24, 2.45) is 0 Å². The average molecular weight is 488 g/mol. The molecule has 0 aliphatic carbocycles. The molecule has 1 saturated heterocycles. The molecule has 3 aromatic heterocycles. The van der Waals surface area contributed by atoms with E-state index in [0.29, 0.717) is 11.1 Å². The van der Waals surface area contributed by atoms with Crippen LogP contribution < -0.4 is 10.1 Å². The highest BCUT2D eigenvalue weighted by Crippen LogP contribution is 2.35. The second-order valence-electron chi connectivity index (χ2n) is 8.24. The number of fused-ring (bicyclic) bond motifs is 2. The van der Waals surface area contributed by atoms with Crippen molar-refractivity contribution >= 4 is 28.3 Å². The number of carbonyl (C=O) groups is 1. The molecule has 1 aromatic carbocycles. The Morgan fingerprint density at radius 2 is 2.09 bits per heavy atom. The molecular formula is C23H20F4N6O2. The van der Waals surface area contributed by atoms with Crippen LogP contribution in [0, 0.1) is 0 Å². The van der Waals surface area contributed by atoms with Crippen LogP contribution in [-0.4, -0.2) is 62.1 Å². The van der Waals surface area contributed by atoms with Crippen LogP contribution >= 0.6 is 0 Å². The van der Waals surface area contributed by atoms with E-state index in [2.05, 4.69) is 25.1 Å². The quantitative estimate of drug-likeness (QED) is 0.424. The maximum atomic E-state index is 14.7. The average Bonchev–Trinajstić information content (AvgIpc) is 3.24. The van der Waals surface area contributed by atoms with E-state index in [1.165, 1.54) is 17.6 Å². The molecule has 0 spiro atoms. The van der Waals surface area contributed by atoms with Gasteiger partial charge in [-0.3, -0.25) is 9.78 Å². The molecule has 0 unspecified atom stereocenters. The molecule has 8 nitrogen and oxygen atoms in total. The standard InChI is InChI=1S/C23H20F4N6O2/c1-13(34)32-9-7-18(23(26,27)12-32)29-22-30-20(35-21(24)25)19-16(6-10-33(19)31-22)14-4-5-17-15(11-14)3-2-8-28-17/h2-6,8,10-11,18,21H,7,9,12H2,1H3,(H,29,31)/t18-/m1/s1. The van der Waals surface area contributed by atoms with Gasteiger partial charge in [0.1, 0.15) is 5.52 Å². The molecule has 4 aromatic rings. The summed E-state index contributed by atoms with van der Waals surface area (Å²) in [6.45, 7) is -2.60. The number of nitrogens with zero attached hydrogens (tertiary/aromatic N) is 5. The molecule has 1 amide bonds. The first-order chi connectivity index (χ1) is 16.7. The van der Waals surface area contributed by atoms with Crippen LogP contribution in [-0.2, 0) is 4.79 Å². The minimum absolute atomic E-state index is 0.0684. The van der Waals surface area contributed by atoms with Crippen LogP contribution in [0.25, 0.3) is 27.5 Å². The molecule has 1 aliphatic rings. The Labute approximate surface area is 196 Å². The largest absolute Gasteiger partial charge is 0.414 e. The zero-order chi connectivity index (χ0) is 24.7. The molecule has 1 atom stereocenters. The Kier molecular flexibility index (Phi) is 5.65. The molecule has 1 fully saturated rings. The molecule has 0 bridgehead atoms. The molecule has 12 heteroatoms. The van der Waals surface area contributed by atoms with Crippen LogP contribution in [0.1, 0.15) is 13.3 Å². The molecular weight excluding hydrogens is 468 g/mol. The van der Waals surface area contributed by atoms with Crippen LogP contribution in [0.2, 0.25) is 0 Å². The number of amides is 1. The summed E-state index contributed by atoms with van der Waals surface area (Å²) < 4.78 is 61.8. The summed E-state index contributed by atoms with van der Waals surface area (Å²) in [4.78, 5) is 20.8. The predicted octanol–water partition coefficient (Wildman–Crippen LogP) is 4.21. The molecule has 35 heavy (non-hydrogen) atoms. The van der Waals surface area contributed by atoms with Gasteiger partial charge in [-0.15, -0.1) is 5.10 Å². The summed E-state index contributed by atoms with van der Waals surface area (Å²) in [6, 6.07) is 9.35. The van der Waals surface area contributed by atoms with E-state index in [1.54, 1.807) is 30.5 Å². The van der Waals surface area contributed by atoms with Crippen molar-refractivity contribution in [3.63, 3.8) is 0 Å². The third-order valence-electron chi connectivity index (χ3n) is 5.94. The monoisotopic (exact) mass is 488 g/mol. The number of carbonyl (C=O) groups excluding carboxylic acids is 1. The molecule has 182 valence electrons. The first-order valence-corrected chi connectivity index (χ1v) is 10.8. The number of ether oxygens (including phenoxy) is 1. The number of benzene rings is 1. The van der Waals surface area contributed by atoms with Crippen molar-refractivity contribution < 1.29 is 27.1 Å². The van der Waals surface area contributed by atoms with E-state index in [9.17, 15) is 22.4 Å². The highest BCUT2D eigenvalue weighted by atomic mass is 19.3. The summed E-state index contributed by atoms with van der Waals surface area (Å²) >= 11 is 0. The fourth-order valence-corrected chi connectivity index (χ4v) is 4.24. The van der Waals surface area contributed by atoms with Gasteiger partial charge in [-0.25, -0.2) is 13.3 Å². The lowest BCUT2D eigenvalue weighted by Crippen LogP contribution is -2.55. The minimum atomic E-state index is -3.27. The Bertz CT molecular complexity index is 1410. The second kappa shape index (κ2) is 8.67. The molecule has 1 aliphatic heterocycles. The number of anilines is 1. The number of halogens is 4. The third-order valence-corrected chi connectivity index (χ3v) is 5.94. The van der Waals surface area contributed by atoms with Gasteiger partial charge >= 0.3 is 6.61 Å². The number of hydrogen-bond donors (Lipinski definition) is 1. The zero-order valence-corrected chi connectivity index (χ0v) is 18.5. The van der Waals surface area contributed by atoms with Crippen molar-refractivity contribution in [3.05, 3.63) is 48.8 Å². The molecule has 5 rings (SSSR count). The lowest BCUT2D eigenvalue weighted by molar-refractivity contribution is -0.140. The van der Waals surface area contributed by atoms with Crippen molar-refractivity contribution in [1.82, 2.24) is 24.5 Å². The Balaban J connectivity index is 1.52. The van der Waals surface area contributed by atoms with Crippen molar-refractivity contribution in [2.75, 3.05) is 18.4 Å². The van der Waals surface area contributed by atoms with E-state index in [0.717, 1.165) is 15.8 Å². The maximum Gasteiger partial charge on any atom is 0.388 e. The summed E-state index contributed by atoms with van der Waals surface area (Å²) in [5.41, 5.74) is 2.15. The summed E-state index contributed by atoms with van der Waals surface area (Å²) in [5, 5.41) is 7.60. The highest BCUT2D eigenvalue weighted by Gasteiger charge is 2.45. The summed E-state index contributed by atoms with van der Waals surface area (Å²) in [6.07, 6.45) is 3.11. The number of hydrogen-bond acceptors (Lipinski definition) is 6. The lowest BCUT2D eigenvalue weighted by atomic mass is 10.0. The smallest absolute Gasteiger partial charge is 0.388 e. The number of likely N-dealkylation sites (tertiary alicyclic amines) is 1. The number of pyridine rings is 1. The van der Waals surface area contributed by atoms with E-state index < -0.39 is 36.9 Å². The van der Waals surface area contributed by atoms with Gasteiger partial charge in [-0.2, -0.15) is 13.8 Å². The maximum absolute atomic E-state index is 14.7. The van der Waals surface area contributed by atoms with E-state index in [1.807, 2.05) is 12.1 Å². The van der Waals surface area contributed by atoms with Gasteiger partial charge in [0, 0.05) is 36.8 Å². The molecule has 0 radical (unpaired) electrons. The Morgan fingerprint density at radius 1 is 1.26 bits per heavy atom. The number of piperidine rings is 1. The Morgan fingerprint density at radius 3 is 2.83 bits per heavy atom. The molecule has 4 heterocycles. The van der Waals surface area contributed by atoms with Crippen molar-refractivity contribution in [2.45, 2.75) is 31.9 Å². The topological polar surface area (TPSA) is 84.7 Å². The van der Waals surface area contributed by atoms with Crippen LogP contribution in [0.15, 0.2) is 48.8 Å². The SMILES string of the molecule is CC(=O)N1CC[C@@H](Nc2nc(OC(F)F)c3c(-c4ccc5ncccc5c4)ccn3n2)C(F)(F)C1. The summed E-state index contributed by atoms with van der Waals surface area (Å²) in [5.74, 6) is -4.46. The normalized spacial score (nSPS) is 17.8. The van der Waals surface area contributed by atoms with Gasteiger partial charge in [0.25, 0.3) is 5.92 Å². The zero-order valence-electron chi connectivity index (χ0n) is 18.5. The van der Waals surface area contributed by atoms with Gasteiger partial charge < -0.3 is 15.0 Å². The number of rotatable bonds is 5. The van der Waals surface area contributed by atoms with E-state index in [-0.39, 0.29) is 24.4 Å². The van der Waals surface area contributed by atoms with Gasteiger partial charge in [-0.1, -0.05) is 12.1 Å². The van der Waals surface area contributed by atoms with Crippen molar-refractivity contribution in [3.8, 4) is 17.0 Å². The number of aromatic nitrogens is 4. The van der Waals surface area contributed by atoms with Crippen molar-refractivity contribution in [1.29, 1.82) is 0 Å². The Hall–Kier alpha value is -3.96. The fourth-order valence-electron chi connectivity index (χ4n) is 4.24. The van der Waals surface area contributed by atoms with E-state index >= 15 is 0 Å². The molecule has 0 saturated carbocycles. The predicted molar refractivity (Wildman–Crippen MR) is 120 cm³/mol.